The van der Waals surface area contributed by atoms with Gasteiger partial charge in [0.25, 0.3) is 0 Å². The summed E-state index contributed by atoms with van der Waals surface area (Å²) in [5.41, 5.74) is 6.77. The minimum Gasteiger partial charge on any atom is -0.383 e. The number of aromatic nitrogens is 4. The lowest BCUT2D eigenvalue weighted by Gasteiger charge is -2.31. The van der Waals surface area contributed by atoms with Crippen molar-refractivity contribution in [2.45, 2.75) is 39.0 Å². The molecular formula is C17H27N7O. The first-order valence-electron chi connectivity index (χ1n) is 9.08. The molecule has 1 saturated heterocycles. The van der Waals surface area contributed by atoms with E-state index in [4.69, 9.17) is 5.73 Å². The summed E-state index contributed by atoms with van der Waals surface area (Å²) in [4.78, 5) is 23.4. The number of amides is 1. The van der Waals surface area contributed by atoms with E-state index in [1.165, 1.54) is 6.42 Å². The number of hydrogen-bond donors (Lipinski definition) is 2. The molecular weight excluding hydrogens is 318 g/mol. The zero-order chi connectivity index (χ0) is 17.8. The van der Waals surface area contributed by atoms with Crippen molar-refractivity contribution in [3.05, 3.63) is 6.20 Å². The van der Waals surface area contributed by atoms with Gasteiger partial charge >= 0.3 is 0 Å². The van der Waals surface area contributed by atoms with Crippen LogP contribution in [0.25, 0.3) is 11.0 Å². The first-order chi connectivity index (χ1) is 12.1. The Hall–Kier alpha value is -2.38. The third kappa shape index (κ3) is 3.83. The van der Waals surface area contributed by atoms with Gasteiger partial charge in [0.1, 0.15) is 5.82 Å². The van der Waals surface area contributed by atoms with Crippen molar-refractivity contribution in [2.75, 3.05) is 30.3 Å². The molecule has 0 spiro atoms. The molecule has 1 fully saturated rings. The van der Waals surface area contributed by atoms with Crippen molar-refractivity contribution in [2.24, 2.45) is 13.0 Å². The average molecular weight is 345 g/mol. The van der Waals surface area contributed by atoms with Crippen LogP contribution < -0.4 is 16.0 Å². The molecule has 0 aromatic carbocycles. The molecule has 1 amide bonds. The van der Waals surface area contributed by atoms with Gasteiger partial charge in [0.2, 0.25) is 11.9 Å². The third-order valence-corrected chi connectivity index (χ3v) is 4.84. The number of carbonyl (C=O) groups is 1. The molecule has 1 aliphatic rings. The van der Waals surface area contributed by atoms with Gasteiger partial charge in [-0.3, -0.25) is 9.48 Å². The minimum absolute atomic E-state index is 0.0793. The quantitative estimate of drug-likeness (QED) is 0.769. The van der Waals surface area contributed by atoms with E-state index >= 15 is 0 Å². The molecule has 0 bridgehead atoms. The number of carbonyl (C=O) groups excluding carboxylic acids is 1. The number of nitrogens with two attached hydrogens (primary N) is 1. The number of fused-ring (bicyclic) bond motifs is 1. The number of rotatable bonds is 6. The summed E-state index contributed by atoms with van der Waals surface area (Å²) >= 11 is 0. The summed E-state index contributed by atoms with van der Waals surface area (Å²) in [6.45, 7) is 4.46. The second-order valence-corrected chi connectivity index (χ2v) is 6.67. The van der Waals surface area contributed by atoms with Crippen LogP contribution >= 0.6 is 0 Å². The van der Waals surface area contributed by atoms with E-state index in [0.717, 1.165) is 56.4 Å². The molecule has 8 nitrogen and oxygen atoms in total. The molecule has 0 atom stereocenters. The zero-order valence-electron chi connectivity index (χ0n) is 15.0. The highest BCUT2D eigenvalue weighted by atomic mass is 16.1. The minimum atomic E-state index is 0.0793. The van der Waals surface area contributed by atoms with Gasteiger partial charge in [-0.05, 0) is 19.3 Å². The Bertz CT molecular complexity index is 734. The maximum atomic E-state index is 12.3. The van der Waals surface area contributed by atoms with Crippen LogP contribution in [0.15, 0.2) is 6.20 Å². The molecule has 3 heterocycles. The van der Waals surface area contributed by atoms with Crippen molar-refractivity contribution < 1.29 is 4.79 Å². The number of unbranched alkanes of at least 4 members (excludes halogenated alkanes) is 2. The fourth-order valence-corrected chi connectivity index (χ4v) is 3.25. The lowest BCUT2D eigenvalue weighted by Crippen LogP contribution is -2.41. The highest BCUT2D eigenvalue weighted by molar-refractivity contribution is 5.86. The van der Waals surface area contributed by atoms with Crippen LogP contribution in [0.5, 0.6) is 0 Å². The van der Waals surface area contributed by atoms with Gasteiger partial charge in [0.05, 0.1) is 11.6 Å². The Morgan fingerprint density at radius 1 is 1.32 bits per heavy atom. The maximum Gasteiger partial charge on any atom is 0.229 e. The Morgan fingerprint density at radius 2 is 2.08 bits per heavy atom. The van der Waals surface area contributed by atoms with Crippen molar-refractivity contribution in [1.29, 1.82) is 0 Å². The number of hydrogen-bond acceptors (Lipinski definition) is 6. The fraction of sp³-hybridized carbons (Fsp3) is 0.647. The average Bonchev–Trinajstić information content (AvgIpc) is 3.00. The highest BCUT2D eigenvalue weighted by Gasteiger charge is 2.26. The zero-order valence-corrected chi connectivity index (χ0v) is 15.0. The van der Waals surface area contributed by atoms with E-state index in [9.17, 15) is 4.79 Å². The molecule has 1 aliphatic heterocycles. The molecule has 2 aromatic heterocycles. The number of nitrogens with one attached hydrogen (secondary N) is 1. The Kier molecular flexibility index (Phi) is 5.35. The summed E-state index contributed by atoms with van der Waals surface area (Å²) in [5, 5.41) is 8.01. The largest absolute Gasteiger partial charge is 0.383 e. The van der Waals surface area contributed by atoms with E-state index in [1.807, 2.05) is 7.05 Å². The molecule has 8 heteroatoms. The normalized spacial score (nSPS) is 15.7. The van der Waals surface area contributed by atoms with Crippen molar-refractivity contribution in [1.82, 2.24) is 25.1 Å². The first kappa shape index (κ1) is 17.4. The standard InChI is InChI=1S/C17H27N7O/c1-3-4-5-8-19-16(25)12-6-9-24(10-7-12)17-21-14(18)13-11-20-23(2)15(13)22-17/h11-12H,3-10H2,1-2H3,(H,19,25)(H2,18,21,22). The summed E-state index contributed by atoms with van der Waals surface area (Å²) < 4.78 is 1.70. The van der Waals surface area contributed by atoms with Gasteiger partial charge in [-0.1, -0.05) is 19.8 Å². The van der Waals surface area contributed by atoms with Crippen molar-refractivity contribution in [3.8, 4) is 0 Å². The highest BCUT2D eigenvalue weighted by Crippen LogP contribution is 2.24. The monoisotopic (exact) mass is 345 g/mol. The van der Waals surface area contributed by atoms with Crippen LogP contribution in [-0.2, 0) is 11.8 Å². The third-order valence-electron chi connectivity index (χ3n) is 4.84. The lowest BCUT2D eigenvalue weighted by molar-refractivity contribution is -0.125. The van der Waals surface area contributed by atoms with Gasteiger partial charge in [-0.15, -0.1) is 0 Å². The van der Waals surface area contributed by atoms with Gasteiger partial charge in [0, 0.05) is 32.6 Å². The SMILES string of the molecule is CCCCCNC(=O)C1CCN(c2nc(N)c3cnn(C)c3n2)CC1. The van der Waals surface area contributed by atoms with Gasteiger partial charge in [-0.2, -0.15) is 15.1 Å². The summed E-state index contributed by atoms with van der Waals surface area (Å²) in [6.07, 6.45) is 6.69. The van der Waals surface area contributed by atoms with Gasteiger partial charge < -0.3 is 16.0 Å². The topological polar surface area (TPSA) is 102 Å². The molecule has 2 aromatic rings. The number of nitrogens with zero attached hydrogens (tertiary/aromatic N) is 5. The van der Waals surface area contributed by atoms with E-state index < -0.39 is 0 Å². The molecule has 0 aliphatic carbocycles. The molecule has 3 rings (SSSR count). The van der Waals surface area contributed by atoms with Gasteiger partial charge in [0.15, 0.2) is 5.65 Å². The molecule has 0 radical (unpaired) electrons. The molecule has 136 valence electrons. The van der Waals surface area contributed by atoms with Crippen LogP contribution in [-0.4, -0.2) is 45.3 Å². The maximum absolute atomic E-state index is 12.3. The molecule has 25 heavy (non-hydrogen) atoms. The molecule has 0 unspecified atom stereocenters. The first-order valence-corrected chi connectivity index (χ1v) is 9.08. The van der Waals surface area contributed by atoms with E-state index in [0.29, 0.717) is 11.8 Å². The van der Waals surface area contributed by atoms with Crippen LogP contribution in [0.3, 0.4) is 0 Å². The summed E-state index contributed by atoms with van der Waals surface area (Å²) in [6, 6.07) is 0. The van der Waals surface area contributed by atoms with Crippen LogP contribution in [0.4, 0.5) is 11.8 Å². The number of aryl methyl sites for hydroxylation is 1. The molecule has 3 N–H and O–H groups in total. The van der Waals surface area contributed by atoms with Crippen LogP contribution in [0.1, 0.15) is 39.0 Å². The fourth-order valence-electron chi connectivity index (χ4n) is 3.25. The Balaban J connectivity index is 1.59. The van der Waals surface area contributed by atoms with Gasteiger partial charge in [-0.25, -0.2) is 0 Å². The van der Waals surface area contributed by atoms with E-state index in [2.05, 4.69) is 32.2 Å². The van der Waals surface area contributed by atoms with Crippen LogP contribution in [0.2, 0.25) is 0 Å². The number of nitrogen functional groups attached to an aromatic ring is 1. The van der Waals surface area contributed by atoms with E-state index in [1.54, 1.807) is 10.9 Å². The lowest BCUT2D eigenvalue weighted by atomic mass is 9.96. The smallest absolute Gasteiger partial charge is 0.229 e. The number of anilines is 2. The van der Waals surface area contributed by atoms with Crippen molar-refractivity contribution >= 4 is 28.7 Å². The van der Waals surface area contributed by atoms with Crippen LogP contribution in [0, 0.1) is 5.92 Å². The van der Waals surface area contributed by atoms with Crippen molar-refractivity contribution in [3.63, 3.8) is 0 Å². The predicted molar refractivity (Wildman–Crippen MR) is 98.2 cm³/mol. The Labute approximate surface area is 147 Å². The summed E-state index contributed by atoms with van der Waals surface area (Å²) in [7, 11) is 1.84. The Morgan fingerprint density at radius 3 is 2.80 bits per heavy atom. The summed E-state index contributed by atoms with van der Waals surface area (Å²) in [5.74, 6) is 1.33. The predicted octanol–water partition coefficient (Wildman–Crippen LogP) is 1.47. The number of piperidine rings is 1. The second-order valence-electron chi connectivity index (χ2n) is 6.67. The van der Waals surface area contributed by atoms with E-state index in [-0.39, 0.29) is 11.8 Å². The second kappa shape index (κ2) is 7.67. The molecule has 0 saturated carbocycles.